The van der Waals surface area contributed by atoms with Gasteiger partial charge in [0.25, 0.3) is 0 Å². The predicted molar refractivity (Wildman–Crippen MR) is 102 cm³/mol. The molecule has 0 amide bonds. The van der Waals surface area contributed by atoms with Crippen LogP contribution in [0.25, 0.3) is 0 Å². The smallest absolute Gasteiger partial charge is 0.224 e. The molecule has 7 nitrogen and oxygen atoms in total. The summed E-state index contributed by atoms with van der Waals surface area (Å²) in [5, 5.41) is 14.3. The van der Waals surface area contributed by atoms with Crippen molar-refractivity contribution in [2.45, 2.75) is 50.5 Å². The molecule has 2 aromatic heterocycles. The number of nitrogens with one attached hydrogen (secondary N) is 3. The first-order chi connectivity index (χ1) is 12.7. The number of nitrogens with zero attached hydrogens (tertiary/aromatic N) is 4. The van der Waals surface area contributed by atoms with E-state index in [1.165, 1.54) is 57.3 Å². The number of H-pyrrole nitrogens is 1. The molecule has 3 fully saturated rings. The molecule has 1 aliphatic heterocycles. The van der Waals surface area contributed by atoms with Crippen LogP contribution >= 0.6 is 0 Å². The number of aromatic amines is 1. The average molecular weight is 353 g/mol. The summed E-state index contributed by atoms with van der Waals surface area (Å²) >= 11 is 0. The van der Waals surface area contributed by atoms with Crippen molar-refractivity contribution in [1.82, 2.24) is 25.1 Å². The molecule has 2 saturated carbocycles. The summed E-state index contributed by atoms with van der Waals surface area (Å²) < 4.78 is 0. The van der Waals surface area contributed by atoms with Crippen LogP contribution in [0.5, 0.6) is 0 Å². The first-order valence-electron chi connectivity index (χ1n) is 9.78. The van der Waals surface area contributed by atoms with Crippen LogP contribution in [0.2, 0.25) is 0 Å². The van der Waals surface area contributed by atoms with Crippen molar-refractivity contribution < 1.29 is 0 Å². The third-order valence-corrected chi connectivity index (χ3v) is 6.12. The van der Waals surface area contributed by atoms with Crippen molar-refractivity contribution in [1.29, 1.82) is 0 Å². The van der Waals surface area contributed by atoms with Crippen LogP contribution in [-0.2, 0) is 0 Å². The first kappa shape index (κ1) is 16.1. The Kier molecular flexibility index (Phi) is 3.85. The first-order valence-corrected chi connectivity index (χ1v) is 9.78. The van der Waals surface area contributed by atoms with Gasteiger partial charge < -0.3 is 15.5 Å². The molecule has 3 N–H and O–H groups in total. The summed E-state index contributed by atoms with van der Waals surface area (Å²) in [4.78, 5) is 11.4. The summed E-state index contributed by atoms with van der Waals surface area (Å²) in [6.45, 7) is 2.53. The highest BCUT2D eigenvalue weighted by Gasteiger charge is 2.43. The molecule has 1 saturated heterocycles. The second-order valence-electron chi connectivity index (χ2n) is 8.46. The van der Waals surface area contributed by atoms with Crippen molar-refractivity contribution in [2.75, 3.05) is 30.8 Å². The van der Waals surface area contributed by atoms with Crippen LogP contribution in [0.15, 0.2) is 18.3 Å². The zero-order chi connectivity index (χ0) is 17.6. The summed E-state index contributed by atoms with van der Waals surface area (Å²) in [5.41, 5.74) is 1.81. The van der Waals surface area contributed by atoms with Crippen molar-refractivity contribution >= 4 is 17.6 Å². The van der Waals surface area contributed by atoms with Crippen LogP contribution in [0.1, 0.15) is 50.1 Å². The Morgan fingerprint density at radius 3 is 2.69 bits per heavy atom. The van der Waals surface area contributed by atoms with Crippen molar-refractivity contribution in [3.8, 4) is 0 Å². The lowest BCUT2D eigenvalue weighted by Gasteiger charge is -2.52. The van der Waals surface area contributed by atoms with E-state index in [4.69, 9.17) is 0 Å². The number of hydrogen-bond donors (Lipinski definition) is 3. The molecule has 2 aliphatic carbocycles. The minimum absolute atomic E-state index is 0.480. The lowest BCUT2D eigenvalue weighted by Crippen LogP contribution is -2.56. The molecule has 3 aliphatic rings. The van der Waals surface area contributed by atoms with Crippen LogP contribution in [0, 0.1) is 5.41 Å². The highest BCUT2D eigenvalue weighted by molar-refractivity contribution is 5.53. The predicted octanol–water partition coefficient (Wildman–Crippen LogP) is 3.11. The van der Waals surface area contributed by atoms with E-state index in [1.54, 1.807) is 6.20 Å². The fourth-order valence-electron chi connectivity index (χ4n) is 4.61. The molecule has 138 valence electrons. The van der Waals surface area contributed by atoms with Crippen LogP contribution < -0.4 is 10.6 Å². The fourth-order valence-corrected chi connectivity index (χ4v) is 4.61. The van der Waals surface area contributed by atoms with Gasteiger partial charge in [0.05, 0.1) is 0 Å². The molecule has 1 spiro atoms. The van der Waals surface area contributed by atoms with Gasteiger partial charge in [-0.1, -0.05) is 0 Å². The maximum atomic E-state index is 4.62. The highest BCUT2D eigenvalue weighted by atomic mass is 15.2. The Balaban J connectivity index is 1.18. The molecule has 0 aromatic carbocycles. The molecule has 0 atom stereocenters. The Labute approximate surface area is 154 Å². The number of rotatable bonds is 5. The number of aromatic nitrogens is 4. The maximum Gasteiger partial charge on any atom is 0.224 e. The van der Waals surface area contributed by atoms with Crippen LogP contribution in [-0.4, -0.2) is 51.2 Å². The molecule has 2 aromatic rings. The lowest BCUT2D eigenvalue weighted by atomic mass is 9.67. The minimum atomic E-state index is 0.480. The third-order valence-electron chi connectivity index (χ3n) is 6.12. The standard InChI is InChI=1S/C19H27N7/c1-26-11-19(12-26)7-4-14(5-8-19)21-18-20-9-6-16(23-18)22-17-10-15(24-25-17)13-2-3-13/h6,9-10,13-14H,2-5,7-8,11-12H2,1H3,(H3,20,21,22,23,24,25). The monoisotopic (exact) mass is 353 g/mol. The quantitative estimate of drug-likeness (QED) is 0.766. The summed E-state index contributed by atoms with van der Waals surface area (Å²) in [6.07, 6.45) is 9.37. The van der Waals surface area contributed by atoms with Gasteiger partial charge in [-0.25, -0.2) is 4.98 Å². The van der Waals surface area contributed by atoms with Gasteiger partial charge in [-0.05, 0) is 57.1 Å². The Hall–Kier alpha value is -2.15. The second kappa shape index (κ2) is 6.23. The SMILES string of the molecule is CN1CC2(CCC(Nc3nccc(Nc4cc(C5CC5)[nH]n4)n3)CC2)C1. The summed E-state index contributed by atoms with van der Waals surface area (Å²) in [7, 11) is 2.22. The van der Waals surface area contributed by atoms with Gasteiger partial charge in [0.1, 0.15) is 5.82 Å². The zero-order valence-electron chi connectivity index (χ0n) is 15.3. The van der Waals surface area contributed by atoms with Gasteiger partial charge in [-0.15, -0.1) is 0 Å². The van der Waals surface area contributed by atoms with E-state index in [1.807, 2.05) is 6.07 Å². The topological polar surface area (TPSA) is 81.8 Å². The Morgan fingerprint density at radius 2 is 1.96 bits per heavy atom. The second-order valence-corrected chi connectivity index (χ2v) is 8.46. The Morgan fingerprint density at radius 1 is 1.15 bits per heavy atom. The maximum absolute atomic E-state index is 4.62. The Bertz CT molecular complexity index is 766. The van der Waals surface area contributed by atoms with Gasteiger partial charge in [0, 0.05) is 43.0 Å². The van der Waals surface area contributed by atoms with E-state index in [9.17, 15) is 0 Å². The molecular weight excluding hydrogens is 326 g/mol. The van der Waals surface area contributed by atoms with Crippen molar-refractivity contribution in [3.05, 3.63) is 24.0 Å². The molecule has 0 unspecified atom stereocenters. The largest absolute Gasteiger partial charge is 0.351 e. The molecule has 26 heavy (non-hydrogen) atoms. The van der Waals surface area contributed by atoms with E-state index in [2.05, 4.69) is 48.8 Å². The molecular formula is C19H27N7. The molecule has 3 heterocycles. The highest BCUT2D eigenvalue weighted by Crippen LogP contribution is 2.43. The van der Waals surface area contributed by atoms with Crippen molar-refractivity contribution in [2.24, 2.45) is 5.41 Å². The van der Waals surface area contributed by atoms with E-state index in [-0.39, 0.29) is 0 Å². The third kappa shape index (κ3) is 3.28. The number of hydrogen-bond acceptors (Lipinski definition) is 6. The van der Waals surface area contributed by atoms with Gasteiger partial charge >= 0.3 is 0 Å². The molecule has 7 heteroatoms. The fraction of sp³-hybridized carbons (Fsp3) is 0.632. The van der Waals surface area contributed by atoms with E-state index >= 15 is 0 Å². The minimum Gasteiger partial charge on any atom is -0.351 e. The zero-order valence-corrected chi connectivity index (χ0v) is 15.3. The van der Waals surface area contributed by atoms with Gasteiger partial charge in [-0.3, -0.25) is 5.10 Å². The van der Waals surface area contributed by atoms with E-state index in [0.717, 1.165) is 11.6 Å². The summed E-state index contributed by atoms with van der Waals surface area (Å²) in [5.74, 6) is 2.99. The van der Waals surface area contributed by atoms with Gasteiger partial charge in [0.15, 0.2) is 5.82 Å². The molecule has 0 radical (unpaired) electrons. The van der Waals surface area contributed by atoms with Crippen molar-refractivity contribution in [3.63, 3.8) is 0 Å². The van der Waals surface area contributed by atoms with Gasteiger partial charge in [-0.2, -0.15) is 10.1 Å². The van der Waals surface area contributed by atoms with Crippen LogP contribution in [0.4, 0.5) is 17.6 Å². The number of anilines is 3. The van der Waals surface area contributed by atoms with E-state index in [0.29, 0.717) is 23.3 Å². The van der Waals surface area contributed by atoms with Crippen LogP contribution in [0.3, 0.4) is 0 Å². The average Bonchev–Trinajstić information content (AvgIpc) is 3.36. The lowest BCUT2D eigenvalue weighted by molar-refractivity contribution is -0.0117. The normalized spacial score (nSPS) is 23.0. The number of likely N-dealkylation sites (tertiary alicyclic amines) is 1. The molecule has 0 bridgehead atoms. The summed E-state index contributed by atoms with van der Waals surface area (Å²) in [6, 6.07) is 4.45. The van der Waals surface area contributed by atoms with E-state index < -0.39 is 0 Å². The van der Waals surface area contributed by atoms with Gasteiger partial charge in [0.2, 0.25) is 5.95 Å². The molecule has 5 rings (SSSR count).